The molecule has 188 valence electrons. The van der Waals surface area contributed by atoms with Crippen molar-refractivity contribution in [3.05, 3.63) is 34.9 Å². The molecule has 2 fully saturated rings. The summed E-state index contributed by atoms with van der Waals surface area (Å²) in [6, 6.07) is 7.11. The number of hydrogen-bond acceptors (Lipinski definition) is 4. The van der Waals surface area contributed by atoms with Gasteiger partial charge in [-0.05, 0) is 51.1 Å². The standard InChI is InChI=1S/C26H39ClN4O3/c1-4-7-25(33)31(21-8-5-6-9-21)22-17-30(18-22)26(34)23(28-24(32)14-15-29(2)3)16-19-10-12-20(27)13-11-19/h10-13,21-23H,4-9,14-18H2,1-3H3,(H,28,32)/t23-/m1/s1. The maximum Gasteiger partial charge on any atom is 0.245 e. The first-order chi connectivity index (χ1) is 16.3. The van der Waals surface area contributed by atoms with Crippen molar-refractivity contribution >= 4 is 29.3 Å². The van der Waals surface area contributed by atoms with E-state index in [1.165, 1.54) is 0 Å². The third-order valence-electron chi connectivity index (χ3n) is 6.81. The molecule has 1 aromatic carbocycles. The van der Waals surface area contributed by atoms with Gasteiger partial charge in [-0.1, -0.05) is 43.5 Å². The SMILES string of the molecule is CCCC(=O)N(C1CCCC1)C1CN(C(=O)[C@@H](Cc2ccc(Cl)cc2)NC(=O)CCN(C)C)C1. The molecule has 1 aliphatic heterocycles. The predicted octanol–water partition coefficient (Wildman–Crippen LogP) is 3.10. The second-order valence-corrected chi connectivity index (χ2v) is 10.3. The molecule has 0 unspecified atom stereocenters. The molecule has 1 aliphatic carbocycles. The number of nitrogens with one attached hydrogen (secondary N) is 1. The lowest BCUT2D eigenvalue weighted by molar-refractivity contribution is -0.151. The van der Waals surface area contributed by atoms with Gasteiger partial charge < -0.3 is 20.0 Å². The second-order valence-electron chi connectivity index (χ2n) is 9.89. The van der Waals surface area contributed by atoms with Crippen LogP contribution in [0.4, 0.5) is 0 Å². The zero-order valence-corrected chi connectivity index (χ0v) is 21.5. The van der Waals surface area contributed by atoms with Crippen LogP contribution in [0.2, 0.25) is 5.02 Å². The summed E-state index contributed by atoms with van der Waals surface area (Å²) in [7, 11) is 3.83. The Labute approximate surface area is 208 Å². The van der Waals surface area contributed by atoms with E-state index in [-0.39, 0.29) is 23.8 Å². The first kappa shape index (κ1) is 26.5. The zero-order valence-electron chi connectivity index (χ0n) is 20.8. The van der Waals surface area contributed by atoms with Gasteiger partial charge in [0.1, 0.15) is 6.04 Å². The molecular weight excluding hydrogens is 452 g/mol. The van der Waals surface area contributed by atoms with Crippen LogP contribution in [0.3, 0.4) is 0 Å². The maximum atomic E-state index is 13.4. The summed E-state index contributed by atoms with van der Waals surface area (Å²) in [4.78, 5) is 44.7. The average molecular weight is 491 g/mol. The summed E-state index contributed by atoms with van der Waals surface area (Å²) >= 11 is 6.01. The van der Waals surface area contributed by atoms with Gasteiger partial charge in [-0.2, -0.15) is 0 Å². The van der Waals surface area contributed by atoms with E-state index < -0.39 is 6.04 Å². The minimum Gasteiger partial charge on any atom is -0.344 e. The molecule has 0 aromatic heterocycles. The van der Waals surface area contributed by atoms with Crippen LogP contribution >= 0.6 is 11.6 Å². The van der Waals surface area contributed by atoms with E-state index in [4.69, 9.17) is 11.6 Å². The normalized spacial score (nSPS) is 17.5. The Morgan fingerprint density at radius 1 is 1.06 bits per heavy atom. The number of carbonyl (C=O) groups is 3. The van der Waals surface area contributed by atoms with Gasteiger partial charge in [0, 0.05) is 50.0 Å². The van der Waals surface area contributed by atoms with Gasteiger partial charge >= 0.3 is 0 Å². The van der Waals surface area contributed by atoms with Crippen LogP contribution in [0.15, 0.2) is 24.3 Å². The Hall–Kier alpha value is -2.12. The molecule has 8 heteroatoms. The van der Waals surface area contributed by atoms with E-state index in [0.717, 1.165) is 37.7 Å². The van der Waals surface area contributed by atoms with Crippen LogP contribution in [-0.4, -0.2) is 84.3 Å². The average Bonchev–Trinajstić information content (AvgIpc) is 3.29. The van der Waals surface area contributed by atoms with Gasteiger partial charge in [-0.3, -0.25) is 14.4 Å². The fourth-order valence-corrected chi connectivity index (χ4v) is 5.04. The van der Waals surface area contributed by atoms with E-state index in [1.807, 2.05) is 38.1 Å². The number of likely N-dealkylation sites (tertiary alicyclic amines) is 1. The van der Waals surface area contributed by atoms with Crippen molar-refractivity contribution in [1.29, 1.82) is 0 Å². The van der Waals surface area contributed by atoms with Crippen molar-refractivity contribution in [2.75, 3.05) is 33.7 Å². The number of carbonyl (C=O) groups excluding carboxylic acids is 3. The highest BCUT2D eigenvalue weighted by molar-refractivity contribution is 6.30. The number of benzene rings is 1. The lowest BCUT2D eigenvalue weighted by Crippen LogP contribution is -2.66. The smallest absolute Gasteiger partial charge is 0.245 e. The van der Waals surface area contributed by atoms with Crippen LogP contribution in [0.25, 0.3) is 0 Å². The number of halogens is 1. The van der Waals surface area contributed by atoms with Crippen LogP contribution < -0.4 is 5.32 Å². The Morgan fingerprint density at radius 3 is 2.29 bits per heavy atom. The number of hydrogen-bond donors (Lipinski definition) is 1. The monoisotopic (exact) mass is 490 g/mol. The van der Waals surface area contributed by atoms with Crippen molar-refractivity contribution in [2.45, 2.75) is 76.4 Å². The quantitative estimate of drug-likeness (QED) is 0.517. The van der Waals surface area contributed by atoms with E-state index >= 15 is 0 Å². The Morgan fingerprint density at radius 2 is 1.71 bits per heavy atom. The fraction of sp³-hybridized carbons (Fsp3) is 0.654. The fourth-order valence-electron chi connectivity index (χ4n) is 4.91. The van der Waals surface area contributed by atoms with Crippen LogP contribution in [0.1, 0.15) is 57.4 Å². The Balaban J connectivity index is 1.66. The molecule has 3 amide bonds. The molecule has 0 radical (unpaired) electrons. The maximum absolute atomic E-state index is 13.4. The first-order valence-corrected chi connectivity index (χ1v) is 12.9. The summed E-state index contributed by atoms with van der Waals surface area (Å²) in [5.74, 6) is -0.0105. The molecule has 7 nitrogen and oxygen atoms in total. The molecule has 0 spiro atoms. The van der Waals surface area contributed by atoms with E-state index in [9.17, 15) is 14.4 Å². The number of amides is 3. The molecule has 3 rings (SSSR count). The Kier molecular flexibility index (Phi) is 9.77. The highest BCUT2D eigenvalue weighted by Gasteiger charge is 2.42. The van der Waals surface area contributed by atoms with Gasteiger partial charge in [-0.25, -0.2) is 0 Å². The third kappa shape index (κ3) is 7.19. The van der Waals surface area contributed by atoms with Gasteiger partial charge in [0.2, 0.25) is 17.7 Å². The molecule has 1 N–H and O–H groups in total. The third-order valence-corrected chi connectivity index (χ3v) is 7.06. The lowest BCUT2D eigenvalue weighted by Gasteiger charge is -2.48. The van der Waals surface area contributed by atoms with Crippen LogP contribution in [0, 0.1) is 0 Å². The zero-order chi connectivity index (χ0) is 24.7. The van der Waals surface area contributed by atoms with Crippen molar-refractivity contribution in [1.82, 2.24) is 20.0 Å². The molecule has 2 aliphatic rings. The predicted molar refractivity (Wildman–Crippen MR) is 135 cm³/mol. The molecule has 34 heavy (non-hydrogen) atoms. The largest absolute Gasteiger partial charge is 0.344 e. The number of nitrogens with zero attached hydrogens (tertiary/aromatic N) is 3. The van der Waals surface area contributed by atoms with E-state index in [0.29, 0.717) is 50.0 Å². The molecule has 1 saturated heterocycles. The minimum absolute atomic E-state index is 0.0757. The lowest BCUT2D eigenvalue weighted by atomic mass is 9.98. The van der Waals surface area contributed by atoms with Crippen molar-refractivity contribution < 1.29 is 14.4 Å². The van der Waals surface area contributed by atoms with Crippen molar-refractivity contribution in [2.24, 2.45) is 0 Å². The first-order valence-electron chi connectivity index (χ1n) is 12.6. The molecule has 1 saturated carbocycles. The number of rotatable bonds is 11. The molecule has 1 heterocycles. The van der Waals surface area contributed by atoms with E-state index in [1.54, 1.807) is 17.0 Å². The molecular formula is C26H39ClN4O3. The highest BCUT2D eigenvalue weighted by Crippen LogP contribution is 2.29. The summed E-state index contributed by atoms with van der Waals surface area (Å²) in [5, 5.41) is 3.59. The van der Waals surface area contributed by atoms with Gasteiger partial charge in [-0.15, -0.1) is 0 Å². The van der Waals surface area contributed by atoms with Gasteiger partial charge in [0.25, 0.3) is 0 Å². The molecule has 0 bridgehead atoms. The summed E-state index contributed by atoms with van der Waals surface area (Å²) < 4.78 is 0. The van der Waals surface area contributed by atoms with Crippen LogP contribution in [-0.2, 0) is 20.8 Å². The molecule has 1 atom stereocenters. The highest BCUT2D eigenvalue weighted by atomic mass is 35.5. The van der Waals surface area contributed by atoms with Crippen molar-refractivity contribution in [3.63, 3.8) is 0 Å². The van der Waals surface area contributed by atoms with Gasteiger partial charge in [0.15, 0.2) is 0 Å². The Bertz CT molecular complexity index is 833. The minimum atomic E-state index is -0.636. The van der Waals surface area contributed by atoms with Crippen molar-refractivity contribution in [3.8, 4) is 0 Å². The summed E-state index contributed by atoms with van der Waals surface area (Å²) in [6.07, 6.45) is 6.58. The second kappa shape index (κ2) is 12.5. The summed E-state index contributed by atoms with van der Waals surface area (Å²) in [6.45, 7) is 3.72. The topological polar surface area (TPSA) is 73.0 Å². The summed E-state index contributed by atoms with van der Waals surface area (Å²) in [5.41, 5.74) is 0.943. The van der Waals surface area contributed by atoms with Crippen LogP contribution in [0.5, 0.6) is 0 Å². The molecule has 1 aromatic rings. The van der Waals surface area contributed by atoms with E-state index in [2.05, 4.69) is 10.2 Å². The van der Waals surface area contributed by atoms with Gasteiger partial charge in [0.05, 0.1) is 6.04 Å².